The normalized spacial score (nSPS) is 10.1. The van der Waals surface area contributed by atoms with Crippen molar-refractivity contribution in [3.8, 4) is 0 Å². The van der Waals surface area contributed by atoms with Crippen LogP contribution in [0.15, 0.2) is 30.4 Å². The van der Waals surface area contributed by atoms with E-state index in [2.05, 4.69) is 6.58 Å². The number of carbonyl (C=O) groups is 1. The number of ketones is 1. The van der Waals surface area contributed by atoms with Gasteiger partial charge in [-0.3, -0.25) is 4.79 Å². The first-order chi connectivity index (χ1) is 7.04. The summed E-state index contributed by atoms with van der Waals surface area (Å²) in [4.78, 5) is 11.5. The Morgan fingerprint density at radius 3 is 2.67 bits per heavy atom. The molecule has 0 aliphatic rings. The predicted octanol–water partition coefficient (Wildman–Crippen LogP) is 3.50. The van der Waals surface area contributed by atoms with Gasteiger partial charge in [0.05, 0.1) is 5.56 Å². The van der Waals surface area contributed by atoms with Crippen molar-refractivity contribution in [1.29, 1.82) is 0 Å². The number of Topliss-reactive ketones (excluding diaryl/α,β-unsaturated/α-hetero) is 1. The number of halogens is 2. The van der Waals surface area contributed by atoms with Crippen LogP contribution in [-0.4, -0.2) is 5.78 Å². The smallest absolute Gasteiger partial charge is 0.169 e. The highest BCUT2D eigenvalue weighted by Crippen LogP contribution is 2.15. The quantitative estimate of drug-likeness (QED) is 0.549. The third-order valence-corrected chi connectivity index (χ3v) is 2.14. The van der Waals surface area contributed by atoms with Crippen LogP contribution in [0.4, 0.5) is 8.78 Å². The van der Waals surface area contributed by atoms with Crippen LogP contribution in [0.2, 0.25) is 0 Å². The van der Waals surface area contributed by atoms with E-state index in [1.807, 2.05) is 6.92 Å². The van der Waals surface area contributed by atoms with Gasteiger partial charge in [0.2, 0.25) is 0 Å². The van der Waals surface area contributed by atoms with Crippen LogP contribution in [0.5, 0.6) is 0 Å². The summed E-state index contributed by atoms with van der Waals surface area (Å²) in [5.74, 6) is -1.73. The van der Waals surface area contributed by atoms with Gasteiger partial charge in [0.15, 0.2) is 5.78 Å². The molecule has 0 atom stereocenters. The first-order valence-electron chi connectivity index (χ1n) is 4.69. The first-order valence-corrected chi connectivity index (χ1v) is 4.69. The molecular formula is C12H12F2O. The van der Waals surface area contributed by atoms with Gasteiger partial charge in [0.1, 0.15) is 11.6 Å². The molecule has 0 saturated carbocycles. The average Bonchev–Trinajstić information content (AvgIpc) is 2.21. The summed E-state index contributed by atoms with van der Waals surface area (Å²) in [6, 6.07) is 2.86. The summed E-state index contributed by atoms with van der Waals surface area (Å²) in [6.07, 6.45) is 0.722. The zero-order chi connectivity index (χ0) is 11.4. The molecule has 0 aliphatic carbocycles. The number of allylic oxidation sites excluding steroid dienone is 1. The molecule has 1 aromatic carbocycles. The predicted molar refractivity (Wildman–Crippen MR) is 54.7 cm³/mol. The fourth-order valence-corrected chi connectivity index (χ4v) is 1.16. The van der Waals surface area contributed by atoms with Gasteiger partial charge in [0.25, 0.3) is 0 Å². The summed E-state index contributed by atoms with van der Waals surface area (Å²) < 4.78 is 25.9. The van der Waals surface area contributed by atoms with Crippen LogP contribution < -0.4 is 0 Å². The zero-order valence-corrected chi connectivity index (χ0v) is 8.52. The SMILES string of the molecule is C=C(CC)CC(=O)c1cc(F)ccc1F. The van der Waals surface area contributed by atoms with Gasteiger partial charge in [-0.15, -0.1) is 0 Å². The molecule has 0 spiro atoms. The van der Waals surface area contributed by atoms with E-state index in [0.29, 0.717) is 12.0 Å². The molecule has 1 aromatic rings. The van der Waals surface area contributed by atoms with Crippen molar-refractivity contribution in [1.82, 2.24) is 0 Å². The average molecular weight is 210 g/mol. The monoisotopic (exact) mass is 210 g/mol. The second-order valence-corrected chi connectivity index (χ2v) is 3.33. The van der Waals surface area contributed by atoms with Crippen LogP contribution in [0.3, 0.4) is 0 Å². The summed E-state index contributed by atoms with van der Waals surface area (Å²) in [5.41, 5.74) is 0.508. The Bertz CT molecular complexity index is 397. The van der Waals surface area contributed by atoms with E-state index < -0.39 is 17.4 Å². The Balaban J connectivity index is 2.91. The van der Waals surface area contributed by atoms with Crippen molar-refractivity contribution >= 4 is 5.78 Å². The third kappa shape index (κ3) is 2.98. The molecule has 0 aliphatic heterocycles. The molecule has 0 aromatic heterocycles. The van der Waals surface area contributed by atoms with E-state index in [-0.39, 0.29) is 12.0 Å². The van der Waals surface area contributed by atoms with Crippen LogP contribution >= 0.6 is 0 Å². The lowest BCUT2D eigenvalue weighted by molar-refractivity contribution is 0.0988. The molecule has 0 bridgehead atoms. The van der Waals surface area contributed by atoms with E-state index in [4.69, 9.17) is 0 Å². The first kappa shape index (κ1) is 11.6. The Labute approximate surface area is 87.4 Å². The fourth-order valence-electron chi connectivity index (χ4n) is 1.16. The van der Waals surface area contributed by atoms with E-state index in [1.165, 1.54) is 0 Å². The van der Waals surface area contributed by atoms with Gasteiger partial charge in [-0.1, -0.05) is 19.1 Å². The Morgan fingerprint density at radius 2 is 2.07 bits per heavy atom. The fraction of sp³-hybridized carbons (Fsp3) is 0.250. The van der Waals surface area contributed by atoms with Gasteiger partial charge < -0.3 is 0 Å². The second kappa shape index (κ2) is 4.82. The van der Waals surface area contributed by atoms with Crippen molar-refractivity contribution in [3.05, 3.63) is 47.5 Å². The maximum Gasteiger partial charge on any atom is 0.169 e. The molecular weight excluding hydrogens is 198 g/mol. The highest BCUT2D eigenvalue weighted by molar-refractivity contribution is 5.97. The van der Waals surface area contributed by atoms with Crippen molar-refractivity contribution in [2.75, 3.05) is 0 Å². The van der Waals surface area contributed by atoms with Crippen molar-refractivity contribution in [2.45, 2.75) is 19.8 Å². The second-order valence-electron chi connectivity index (χ2n) is 3.33. The Kier molecular flexibility index (Phi) is 3.72. The third-order valence-electron chi connectivity index (χ3n) is 2.14. The molecule has 1 nitrogen and oxygen atoms in total. The van der Waals surface area contributed by atoms with Crippen molar-refractivity contribution in [2.24, 2.45) is 0 Å². The molecule has 15 heavy (non-hydrogen) atoms. The molecule has 0 N–H and O–H groups in total. The highest BCUT2D eigenvalue weighted by Gasteiger charge is 2.13. The molecule has 1 rings (SSSR count). The summed E-state index contributed by atoms with van der Waals surface area (Å²) in [5, 5.41) is 0. The number of rotatable bonds is 4. The minimum Gasteiger partial charge on any atom is -0.294 e. The molecule has 80 valence electrons. The molecule has 0 saturated heterocycles. The minimum atomic E-state index is -0.690. The number of benzene rings is 1. The van der Waals surface area contributed by atoms with Gasteiger partial charge in [-0.25, -0.2) is 8.78 Å². The van der Waals surface area contributed by atoms with Gasteiger partial charge in [0, 0.05) is 6.42 Å². The molecule has 0 unspecified atom stereocenters. The maximum absolute atomic E-state index is 13.2. The molecule has 0 amide bonds. The van der Waals surface area contributed by atoms with Gasteiger partial charge >= 0.3 is 0 Å². The van der Waals surface area contributed by atoms with Gasteiger partial charge in [-0.2, -0.15) is 0 Å². The summed E-state index contributed by atoms with van der Waals surface area (Å²) >= 11 is 0. The molecule has 3 heteroatoms. The Hall–Kier alpha value is -1.51. The Morgan fingerprint density at radius 1 is 1.40 bits per heavy atom. The van der Waals surface area contributed by atoms with E-state index in [9.17, 15) is 13.6 Å². The number of carbonyl (C=O) groups excluding carboxylic acids is 1. The number of hydrogen-bond donors (Lipinski definition) is 0. The molecule has 0 fully saturated rings. The van der Waals surface area contributed by atoms with Gasteiger partial charge in [-0.05, 0) is 24.6 Å². The van der Waals surface area contributed by atoms with Crippen molar-refractivity contribution in [3.63, 3.8) is 0 Å². The van der Waals surface area contributed by atoms with E-state index >= 15 is 0 Å². The molecule has 0 heterocycles. The lowest BCUT2D eigenvalue weighted by Gasteiger charge is -2.03. The van der Waals surface area contributed by atoms with Crippen molar-refractivity contribution < 1.29 is 13.6 Å². The van der Waals surface area contributed by atoms with Crippen LogP contribution in [0.1, 0.15) is 30.1 Å². The summed E-state index contributed by atoms with van der Waals surface area (Å²) in [7, 11) is 0. The molecule has 0 radical (unpaired) electrons. The topological polar surface area (TPSA) is 17.1 Å². The minimum absolute atomic E-state index is 0.0663. The van der Waals surface area contributed by atoms with E-state index in [1.54, 1.807) is 0 Å². The largest absolute Gasteiger partial charge is 0.294 e. The lowest BCUT2D eigenvalue weighted by Crippen LogP contribution is -2.04. The van der Waals surface area contributed by atoms with Crippen LogP contribution in [0.25, 0.3) is 0 Å². The highest BCUT2D eigenvalue weighted by atomic mass is 19.1. The maximum atomic E-state index is 13.2. The summed E-state index contributed by atoms with van der Waals surface area (Å²) in [6.45, 7) is 5.51. The standard InChI is InChI=1S/C12H12F2O/c1-3-8(2)6-12(15)10-7-9(13)4-5-11(10)14/h4-5,7H,2-3,6H2,1H3. The zero-order valence-electron chi connectivity index (χ0n) is 8.52. The van der Waals surface area contributed by atoms with Crippen LogP contribution in [-0.2, 0) is 0 Å². The number of hydrogen-bond acceptors (Lipinski definition) is 1. The van der Waals surface area contributed by atoms with Crippen LogP contribution in [0, 0.1) is 11.6 Å². The lowest BCUT2D eigenvalue weighted by atomic mass is 10.0. The van der Waals surface area contributed by atoms with E-state index in [0.717, 1.165) is 18.2 Å².